The Morgan fingerprint density at radius 1 is 0.313 bits per heavy atom. The number of esters is 4. The molecule has 99 heavy (non-hydrogen) atoms. The first kappa shape index (κ1) is 96.5. The molecule has 0 aromatic carbocycles. The van der Waals surface area contributed by atoms with Gasteiger partial charge in [0.2, 0.25) is 0 Å². The minimum atomic E-state index is -4.96. The predicted molar refractivity (Wildman–Crippen MR) is 404 cm³/mol. The number of ether oxygens (including phenoxy) is 4. The van der Waals surface area contributed by atoms with Crippen LogP contribution in [0.5, 0.6) is 0 Å². The summed E-state index contributed by atoms with van der Waals surface area (Å²) in [6, 6.07) is 0. The van der Waals surface area contributed by atoms with Gasteiger partial charge in [0.05, 0.1) is 26.4 Å². The van der Waals surface area contributed by atoms with Gasteiger partial charge in [-0.3, -0.25) is 37.3 Å². The maximum atomic E-state index is 13.1. The zero-order valence-corrected chi connectivity index (χ0v) is 66.1. The second kappa shape index (κ2) is 71.2. The Bertz CT molecular complexity index is 2000. The molecule has 0 aromatic rings. The molecule has 2 unspecified atom stereocenters. The lowest BCUT2D eigenvalue weighted by molar-refractivity contribution is -0.161. The average molecular weight is 1450 g/mol. The van der Waals surface area contributed by atoms with E-state index in [0.717, 1.165) is 121 Å². The van der Waals surface area contributed by atoms with Gasteiger partial charge in [-0.2, -0.15) is 0 Å². The van der Waals surface area contributed by atoms with Crippen molar-refractivity contribution in [2.75, 3.05) is 39.6 Å². The van der Waals surface area contributed by atoms with Crippen LogP contribution in [-0.4, -0.2) is 96.7 Å². The first-order valence-electron chi connectivity index (χ1n) is 40.8. The van der Waals surface area contributed by atoms with Gasteiger partial charge < -0.3 is 33.8 Å². The van der Waals surface area contributed by atoms with E-state index in [9.17, 15) is 43.2 Å². The molecule has 3 N–H and O–H groups in total. The number of aliphatic hydroxyl groups is 1. The van der Waals surface area contributed by atoms with E-state index < -0.39 is 97.5 Å². The zero-order chi connectivity index (χ0) is 72.8. The van der Waals surface area contributed by atoms with Crippen LogP contribution in [0.4, 0.5) is 0 Å². The molecular formula is C80H152O17P2. The molecule has 0 spiro atoms. The number of rotatable bonds is 77. The average Bonchev–Trinajstić information content (AvgIpc) is 0.985. The maximum absolute atomic E-state index is 13.1. The Balaban J connectivity index is 5.24. The molecule has 19 heteroatoms. The number of hydrogen-bond acceptors (Lipinski definition) is 15. The van der Waals surface area contributed by atoms with Crippen LogP contribution in [0, 0.1) is 11.8 Å². The molecule has 0 amide bonds. The number of unbranched alkanes of at least 4 members (excludes halogenated alkanes) is 44. The number of phosphoric ester groups is 2. The Hall–Kier alpha value is -2.46. The Kier molecular flexibility index (Phi) is 69.4. The smallest absolute Gasteiger partial charge is 0.462 e. The van der Waals surface area contributed by atoms with Crippen LogP contribution in [0.25, 0.3) is 0 Å². The molecule has 0 saturated heterocycles. The van der Waals surface area contributed by atoms with Crippen LogP contribution >= 0.6 is 15.6 Å². The summed E-state index contributed by atoms with van der Waals surface area (Å²) in [5.74, 6) is -0.537. The van der Waals surface area contributed by atoms with Crippen molar-refractivity contribution in [2.24, 2.45) is 11.8 Å². The Morgan fingerprint density at radius 2 is 0.545 bits per heavy atom. The van der Waals surface area contributed by atoms with E-state index in [2.05, 4.69) is 65.8 Å². The van der Waals surface area contributed by atoms with Gasteiger partial charge in [-0.05, 0) is 63.2 Å². The molecule has 0 radical (unpaired) electrons. The topological polar surface area (TPSA) is 237 Å². The molecule has 0 saturated carbocycles. The summed E-state index contributed by atoms with van der Waals surface area (Å²) >= 11 is 0. The molecule has 5 atom stereocenters. The first-order valence-corrected chi connectivity index (χ1v) is 43.8. The minimum Gasteiger partial charge on any atom is -0.462 e. The van der Waals surface area contributed by atoms with Gasteiger partial charge in [0.25, 0.3) is 0 Å². The van der Waals surface area contributed by atoms with Crippen LogP contribution in [0.15, 0.2) is 24.3 Å². The molecule has 0 aliphatic carbocycles. The number of carbonyl (C=O) groups is 4. The molecule has 584 valence electrons. The second-order valence-electron chi connectivity index (χ2n) is 29.1. The molecular weight excluding hydrogens is 1290 g/mol. The zero-order valence-electron chi connectivity index (χ0n) is 64.3. The minimum absolute atomic E-state index is 0.0850. The van der Waals surface area contributed by atoms with Crippen molar-refractivity contribution in [3.05, 3.63) is 24.3 Å². The van der Waals surface area contributed by atoms with Crippen molar-refractivity contribution < 1.29 is 80.2 Å². The highest BCUT2D eigenvalue weighted by atomic mass is 31.2. The fourth-order valence-corrected chi connectivity index (χ4v) is 13.4. The number of allylic oxidation sites excluding steroid dienone is 4. The van der Waals surface area contributed by atoms with Crippen LogP contribution in [0.3, 0.4) is 0 Å². The lowest BCUT2D eigenvalue weighted by Gasteiger charge is -2.21. The predicted octanol–water partition coefficient (Wildman–Crippen LogP) is 23.4. The molecule has 0 aliphatic rings. The highest BCUT2D eigenvalue weighted by Gasteiger charge is 2.30. The van der Waals surface area contributed by atoms with Gasteiger partial charge in [-0.15, -0.1) is 0 Å². The van der Waals surface area contributed by atoms with Crippen LogP contribution in [-0.2, 0) is 65.4 Å². The quantitative estimate of drug-likeness (QED) is 0.0169. The van der Waals surface area contributed by atoms with E-state index >= 15 is 0 Å². The van der Waals surface area contributed by atoms with E-state index in [0.29, 0.717) is 25.7 Å². The van der Waals surface area contributed by atoms with Crippen molar-refractivity contribution in [1.82, 2.24) is 0 Å². The fourth-order valence-electron chi connectivity index (χ4n) is 11.8. The van der Waals surface area contributed by atoms with E-state index in [-0.39, 0.29) is 25.7 Å². The summed E-state index contributed by atoms with van der Waals surface area (Å²) in [5, 5.41) is 10.6. The number of phosphoric acid groups is 2. The van der Waals surface area contributed by atoms with Gasteiger partial charge in [0.1, 0.15) is 19.3 Å². The summed E-state index contributed by atoms with van der Waals surface area (Å²) in [4.78, 5) is 72.9. The summed E-state index contributed by atoms with van der Waals surface area (Å²) in [7, 11) is -9.93. The van der Waals surface area contributed by atoms with Crippen LogP contribution < -0.4 is 0 Å². The third-order valence-electron chi connectivity index (χ3n) is 18.1. The van der Waals surface area contributed by atoms with Crippen LogP contribution in [0.1, 0.15) is 395 Å². The highest BCUT2D eigenvalue weighted by Crippen LogP contribution is 2.45. The van der Waals surface area contributed by atoms with E-state index in [1.807, 2.05) is 0 Å². The standard InChI is InChI=1S/C80H152O17P2/c1-7-9-11-13-15-17-18-19-22-30-35-40-46-52-58-64-79(84)96-75(68-90-77(82)62-56-50-44-16-14-12-10-8-2)70-94-98(86,87)92-66-74(81)67-93-99(88,89)95-71-76(97-80(85)65-59-53-47-41-36-31-26-21-24-28-33-38-43-49-55-61-73(5)6)69-91-78(83)63-57-51-45-39-34-29-25-20-23-27-32-37-42-48-54-60-72(3)4/h17-19,22,72-76,81H,7-16,20-21,23-71H2,1-6H3,(H,86,87)(H,88,89)/b18-17-,22-19-/t74-,75+,76+/m0/s1. The molecule has 0 fully saturated rings. The number of hydrogen-bond donors (Lipinski definition) is 3. The number of aliphatic hydroxyl groups excluding tert-OH is 1. The normalized spacial score (nSPS) is 14.1. The van der Waals surface area contributed by atoms with E-state index in [1.165, 1.54) is 193 Å². The Morgan fingerprint density at radius 3 is 0.828 bits per heavy atom. The molecule has 17 nitrogen and oxygen atoms in total. The van der Waals surface area contributed by atoms with Crippen molar-refractivity contribution >= 4 is 39.5 Å². The van der Waals surface area contributed by atoms with Gasteiger partial charge >= 0.3 is 39.5 Å². The summed E-state index contributed by atoms with van der Waals surface area (Å²) in [5.41, 5.74) is 0. The lowest BCUT2D eigenvalue weighted by atomic mass is 10.0. The summed E-state index contributed by atoms with van der Waals surface area (Å²) in [6.45, 7) is 9.59. The van der Waals surface area contributed by atoms with Crippen molar-refractivity contribution in [3.63, 3.8) is 0 Å². The van der Waals surface area contributed by atoms with Crippen molar-refractivity contribution in [1.29, 1.82) is 0 Å². The summed E-state index contributed by atoms with van der Waals surface area (Å²) in [6.07, 6.45) is 63.3. The monoisotopic (exact) mass is 1450 g/mol. The van der Waals surface area contributed by atoms with Crippen molar-refractivity contribution in [2.45, 2.75) is 413 Å². The summed E-state index contributed by atoms with van der Waals surface area (Å²) < 4.78 is 68.6. The van der Waals surface area contributed by atoms with Crippen molar-refractivity contribution in [3.8, 4) is 0 Å². The van der Waals surface area contributed by atoms with Crippen LogP contribution in [0.2, 0.25) is 0 Å². The SMILES string of the molecule is CCCCCC/C=C\C=C/CCCCCCCC(=O)O[C@H](COC(=O)CCCCCCCCCC)COP(=O)(O)OC[C@H](O)COP(=O)(O)OC[C@@H](COC(=O)CCCCCCCCCCCCCCCCCC(C)C)OC(=O)CCCCCCCCCCCCCCCCCC(C)C. The van der Waals surface area contributed by atoms with E-state index in [4.69, 9.17) is 37.0 Å². The molecule has 0 bridgehead atoms. The van der Waals surface area contributed by atoms with Gasteiger partial charge in [-0.1, -0.05) is 342 Å². The van der Waals surface area contributed by atoms with E-state index in [1.54, 1.807) is 0 Å². The molecule has 0 rings (SSSR count). The van der Waals surface area contributed by atoms with Gasteiger partial charge in [0.15, 0.2) is 12.2 Å². The lowest BCUT2D eigenvalue weighted by Crippen LogP contribution is -2.30. The second-order valence-corrected chi connectivity index (χ2v) is 32.0. The largest absolute Gasteiger partial charge is 0.472 e. The highest BCUT2D eigenvalue weighted by molar-refractivity contribution is 7.47. The Labute approximate surface area is 605 Å². The third kappa shape index (κ3) is 73.6. The molecule has 0 aromatic heterocycles. The molecule has 0 aliphatic heterocycles. The van der Waals surface area contributed by atoms with Gasteiger partial charge in [-0.25, -0.2) is 9.13 Å². The fraction of sp³-hybridized carbons (Fsp3) is 0.900. The molecule has 0 heterocycles. The first-order chi connectivity index (χ1) is 47.9. The number of carbonyl (C=O) groups excluding carboxylic acids is 4. The third-order valence-corrected chi connectivity index (χ3v) is 20.0. The maximum Gasteiger partial charge on any atom is 0.472 e. The van der Waals surface area contributed by atoms with Gasteiger partial charge in [0, 0.05) is 25.7 Å².